The molecule has 26 heavy (non-hydrogen) atoms. The smallest absolute Gasteiger partial charge is 0.234 e. The molecular formula is C18H16FN3OS3. The van der Waals surface area contributed by atoms with Gasteiger partial charge in [0.1, 0.15) is 5.82 Å². The number of thioether (sulfide) groups is 1. The Hall–Kier alpha value is -2.03. The monoisotopic (exact) mass is 405 g/mol. The van der Waals surface area contributed by atoms with Gasteiger partial charge in [-0.2, -0.15) is 0 Å². The van der Waals surface area contributed by atoms with Gasteiger partial charge in [-0.3, -0.25) is 4.79 Å². The summed E-state index contributed by atoms with van der Waals surface area (Å²) in [6.07, 6.45) is 0.854. The van der Waals surface area contributed by atoms with E-state index in [9.17, 15) is 9.18 Å². The lowest BCUT2D eigenvalue weighted by atomic mass is 10.1. The summed E-state index contributed by atoms with van der Waals surface area (Å²) in [7, 11) is 0. The molecule has 4 nitrogen and oxygen atoms in total. The molecule has 0 unspecified atom stereocenters. The summed E-state index contributed by atoms with van der Waals surface area (Å²) in [5.41, 5.74) is 2.63. The maximum atomic E-state index is 13.0. The summed E-state index contributed by atoms with van der Waals surface area (Å²) >= 11 is 7.97. The van der Waals surface area contributed by atoms with Crippen LogP contribution in [0.15, 0.2) is 52.9 Å². The molecule has 0 aliphatic carbocycles. The second-order valence-corrected chi connectivity index (χ2v) is 8.21. The van der Waals surface area contributed by atoms with Crippen LogP contribution in [0.4, 0.5) is 10.1 Å². The van der Waals surface area contributed by atoms with Gasteiger partial charge in [0.05, 0.1) is 11.4 Å². The Morgan fingerprint density at radius 1 is 1.27 bits per heavy atom. The molecular weight excluding hydrogens is 389 g/mol. The molecule has 0 saturated carbocycles. The van der Waals surface area contributed by atoms with E-state index in [1.54, 1.807) is 16.8 Å². The lowest BCUT2D eigenvalue weighted by Gasteiger charge is -2.08. The van der Waals surface area contributed by atoms with E-state index in [4.69, 9.17) is 12.2 Å². The van der Waals surface area contributed by atoms with Crippen molar-refractivity contribution in [2.75, 3.05) is 11.1 Å². The van der Waals surface area contributed by atoms with Gasteiger partial charge in [-0.1, -0.05) is 48.2 Å². The predicted molar refractivity (Wildman–Crippen MR) is 107 cm³/mol. The maximum absolute atomic E-state index is 13.0. The molecule has 3 rings (SSSR count). The maximum Gasteiger partial charge on any atom is 0.234 e. The Balaban J connectivity index is 1.65. The van der Waals surface area contributed by atoms with Crippen molar-refractivity contribution in [3.05, 3.63) is 63.9 Å². The second kappa shape index (κ2) is 8.57. The van der Waals surface area contributed by atoms with Crippen molar-refractivity contribution in [3.8, 4) is 5.69 Å². The summed E-state index contributed by atoms with van der Waals surface area (Å²) in [6.45, 7) is 2.05. The molecule has 0 fully saturated rings. The highest BCUT2D eigenvalue weighted by Crippen LogP contribution is 2.24. The summed E-state index contributed by atoms with van der Waals surface area (Å²) in [5.74, 6) is -0.163. The highest BCUT2D eigenvalue weighted by Gasteiger charge is 2.10. The number of benzene rings is 2. The number of nitrogens with one attached hydrogen (secondary N) is 1. The fourth-order valence-corrected chi connectivity index (χ4v) is 4.49. The number of hydrogen-bond acceptors (Lipinski definition) is 5. The Bertz CT molecular complexity index is 966. The molecule has 0 aliphatic heterocycles. The number of hydrogen-bond donors (Lipinski definition) is 1. The van der Waals surface area contributed by atoms with Crippen LogP contribution in [-0.4, -0.2) is 21.4 Å². The second-order valence-electron chi connectivity index (χ2n) is 5.37. The Morgan fingerprint density at radius 2 is 2.00 bits per heavy atom. The normalized spacial score (nSPS) is 10.7. The molecule has 0 bridgehead atoms. The number of aromatic nitrogens is 2. The van der Waals surface area contributed by atoms with Crippen LogP contribution >= 0.6 is 35.3 Å². The molecule has 0 aliphatic rings. The van der Waals surface area contributed by atoms with E-state index < -0.39 is 0 Å². The first-order valence-corrected chi connectivity index (χ1v) is 10.1. The van der Waals surface area contributed by atoms with Gasteiger partial charge in [0, 0.05) is 5.69 Å². The molecule has 134 valence electrons. The fourth-order valence-electron chi connectivity index (χ4n) is 2.33. The first kappa shape index (κ1) is 18.8. The van der Waals surface area contributed by atoms with Crippen LogP contribution in [0.2, 0.25) is 0 Å². The average molecular weight is 406 g/mol. The number of amides is 1. The van der Waals surface area contributed by atoms with E-state index >= 15 is 0 Å². The minimum Gasteiger partial charge on any atom is -0.325 e. The van der Waals surface area contributed by atoms with Gasteiger partial charge >= 0.3 is 0 Å². The summed E-state index contributed by atoms with van der Waals surface area (Å²) in [5, 5.41) is 7.35. The summed E-state index contributed by atoms with van der Waals surface area (Å²) in [6, 6.07) is 13.7. The summed E-state index contributed by atoms with van der Waals surface area (Å²) in [4.78, 5) is 12.2. The Labute approximate surface area is 164 Å². The van der Waals surface area contributed by atoms with Crippen LogP contribution in [0.1, 0.15) is 12.5 Å². The highest BCUT2D eigenvalue weighted by molar-refractivity contribution is 8.01. The molecule has 1 amide bonds. The first-order valence-electron chi connectivity index (χ1n) is 7.93. The topological polar surface area (TPSA) is 46.9 Å². The minimum atomic E-state index is -0.311. The lowest BCUT2D eigenvalue weighted by Crippen LogP contribution is -2.15. The molecule has 0 atom stereocenters. The van der Waals surface area contributed by atoms with E-state index in [0.29, 0.717) is 14.0 Å². The molecule has 1 N–H and O–H groups in total. The number of carbonyl (C=O) groups is 1. The predicted octanol–water partition coefficient (Wildman–Crippen LogP) is 5.10. The van der Waals surface area contributed by atoms with Crippen molar-refractivity contribution in [1.29, 1.82) is 0 Å². The van der Waals surface area contributed by atoms with Gasteiger partial charge in [-0.15, -0.1) is 5.10 Å². The van der Waals surface area contributed by atoms with E-state index in [2.05, 4.69) is 17.3 Å². The molecule has 0 radical (unpaired) electrons. The van der Waals surface area contributed by atoms with E-state index in [1.165, 1.54) is 35.2 Å². The molecule has 3 aromatic rings. The van der Waals surface area contributed by atoms with Crippen molar-refractivity contribution >= 4 is 46.9 Å². The zero-order chi connectivity index (χ0) is 18.5. The van der Waals surface area contributed by atoms with Crippen LogP contribution in [0.5, 0.6) is 0 Å². The standard InChI is InChI=1S/C18H16FN3OS3/c1-2-12-5-3-4-6-15(12)20-16(23)11-25-17-21-22(18(24)26-17)14-9-7-13(19)8-10-14/h3-10H,2,11H2,1H3,(H,20,23). The first-order chi connectivity index (χ1) is 12.6. The third kappa shape index (κ3) is 4.57. The van der Waals surface area contributed by atoms with Crippen LogP contribution in [0.3, 0.4) is 0 Å². The quantitative estimate of drug-likeness (QED) is 0.458. The third-order valence-electron chi connectivity index (χ3n) is 3.60. The Morgan fingerprint density at radius 3 is 2.73 bits per heavy atom. The van der Waals surface area contributed by atoms with Gasteiger partial charge in [0.15, 0.2) is 8.29 Å². The number of rotatable bonds is 6. The van der Waals surface area contributed by atoms with Crippen molar-refractivity contribution in [3.63, 3.8) is 0 Å². The Kier molecular flexibility index (Phi) is 6.18. The molecule has 1 heterocycles. The minimum absolute atomic E-state index is 0.0923. The SMILES string of the molecule is CCc1ccccc1NC(=O)CSc1nn(-c2ccc(F)cc2)c(=S)s1. The number of para-hydroxylation sites is 1. The molecule has 2 aromatic carbocycles. The highest BCUT2D eigenvalue weighted by atomic mass is 32.2. The van der Waals surface area contributed by atoms with Gasteiger partial charge in [-0.05, 0) is 54.5 Å². The van der Waals surface area contributed by atoms with Gasteiger partial charge in [-0.25, -0.2) is 9.07 Å². The van der Waals surface area contributed by atoms with E-state index in [-0.39, 0.29) is 17.5 Å². The number of halogens is 1. The zero-order valence-corrected chi connectivity index (χ0v) is 16.4. The van der Waals surface area contributed by atoms with Gasteiger partial charge < -0.3 is 5.32 Å². The van der Waals surface area contributed by atoms with Crippen LogP contribution in [0.25, 0.3) is 5.69 Å². The zero-order valence-electron chi connectivity index (χ0n) is 13.9. The lowest BCUT2D eigenvalue weighted by molar-refractivity contribution is -0.113. The molecule has 8 heteroatoms. The van der Waals surface area contributed by atoms with Crippen molar-refractivity contribution in [2.45, 2.75) is 17.7 Å². The average Bonchev–Trinajstić information content (AvgIpc) is 3.02. The van der Waals surface area contributed by atoms with Crippen LogP contribution in [0, 0.1) is 9.77 Å². The van der Waals surface area contributed by atoms with E-state index in [0.717, 1.165) is 17.7 Å². The third-order valence-corrected chi connectivity index (χ3v) is 5.96. The van der Waals surface area contributed by atoms with Crippen LogP contribution < -0.4 is 5.32 Å². The van der Waals surface area contributed by atoms with E-state index in [1.807, 2.05) is 24.3 Å². The molecule has 1 aromatic heterocycles. The van der Waals surface area contributed by atoms with Crippen molar-refractivity contribution < 1.29 is 9.18 Å². The summed E-state index contributed by atoms with van der Waals surface area (Å²) < 4.78 is 15.9. The number of nitrogens with zero attached hydrogens (tertiary/aromatic N) is 2. The van der Waals surface area contributed by atoms with Crippen molar-refractivity contribution in [1.82, 2.24) is 9.78 Å². The number of carbonyl (C=O) groups excluding carboxylic acids is 1. The van der Waals surface area contributed by atoms with Gasteiger partial charge in [0.25, 0.3) is 0 Å². The largest absolute Gasteiger partial charge is 0.325 e. The fraction of sp³-hybridized carbons (Fsp3) is 0.167. The number of anilines is 1. The van der Waals surface area contributed by atoms with Crippen molar-refractivity contribution in [2.24, 2.45) is 0 Å². The molecule has 0 saturated heterocycles. The van der Waals surface area contributed by atoms with Gasteiger partial charge in [0.2, 0.25) is 5.91 Å². The number of aryl methyl sites for hydroxylation is 1. The van der Waals surface area contributed by atoms with Crippen LogP contribution in [-0.2, 0) is 11.2 Å². The molecule has 0 spiro atoms.